The van der Waals surface area contributed by atoms with Gasteiger partial charge in [-0.05, 0) is 29.8 Å². The van der Waals surface area contributed by atoms with Crippen LogP contribution in [0.1, 0.15) is 16.8 Å². The number of nitrogens with one attached hydrogen (secondary N) is 1. The van der Waals surface area contributed by atoms with E-state index in [1.54, 1.807) is 19.2 Å². The Hall–Kier alpha value is -3.12. The molecule has 2 aromatic carbocycles. The Morgan fingerprint density at radius 1 is 1.19 bits per heavy atom. The molecule has 2 N–H and O–H groups in total. The minimum absolute atomic E-state index is 0.298. The van der Waals surface area contributed by atoms with Crippen molar-refractivity contribution in [2.24, 2.45) is 0 Å². The molecule has 0 radical (unpaired) electrons. The van der Waals surface area contributed by atoms with E-state index in [9.17, 15) is 5.11 Å². The molecule has 0 aliphatic carbocycles. The van der Waals surface area contributed by atoms with Crippen LogP contribution in [0.2, 0.25) is 0 Å². The number of rotatable bonds is 5. The highest BCUT2D eigenvalue weighted by atomic mass is 16.5. The number of fused-ring (bicyclic) bond motifs is 1. The first-order chi connectivity index (χ1) is 13.2. The summed E-state index contributed by atoms with van der Waals surface area (Å²) in [4.78, 5) is 11.5. The van der Waals surface area contributed by atoms with Gasteiger partial charge in [0.2, 0.25) is 5.95 Å². The maximum absolute atomic E-state index is 9.41. The molecule has 27 heavy (non-hydrogen) atoms. The van der Waals surface area contributed by atoms with Crippen molar-refractivity contribution in [3.05, 3.63) is 71.5 Å². The molecule has 0 fully saturated rings. The summed E-state index contributed by atoms with van der Waals surface area (Å²) < 4.78 is 5.25. The molecule has 6 nitrogen and oxygen atoms in total. The van der Waals surface area contributed by atoms with Gasteiger partial charge in [0, 0.05) is 49.6 Å². The summed E-state index contributed by atoms with van der Waals surface area (Å²) in [5, 5.41) is 12.7. The molecule has 0 bridgehead atoms. The number of ether oxygens (including phenoxy) is 1. The third-order valence-corrected chi connectivity index (χ3v) is 4.68. The predicted octanol–water partition coefficient (Wildman–Crippen LogP) is 3.49. The Morgan fingerprint density at radius 2 is 2.04 bits per heavy atom. The van der Waals surface area contributed by atoms with Crippen molar-refractivity contribution in [3.8, 4) is 11.5 Å². The van der Waals surface area contributed by atoms with Crippen molar-refractivity contribution >= 4 is 11.6 Å². The zero-order valence-corrected chi connectivity index (χ0v) is 15.2. The Morgan fingerprint density at radius 3 is 2.85 bits per heavy atom. The third kappa shape index (κ3) is 4.17. The van der Waals surface area contributed by atoms with Crippen molar-refractivity contribution in [1.82, 2.24) is 14.9 Å². The molecule has 0 saturated carbocycles. The van der Waals surface area contributed by atoms with Gasteiger partial charge >= 0.3 is 0 Å². The van der Waals surface area contributed by atoms with Gasteiger partial charge < -0.3 is 15.2 Å². The number of nitrogens with zero attached hydrogens (tertiary/aromatic N) is 3. The number of aromatic hydroxyl groups is 1. The molecule has 2 heterocycles. The lowest BCUT2D eigenvalue weighted by Crippen LogP contribution is -2.31. The standard InChI is InChI=1S/C21H22N4O2/c1-27-19-4-2-3-17(11-19)23-21-22-12-16-14-25(10-9-20(16)24-21)13-15-5-7-18(26)8-6-15/h2-8,11-12,26H,9-10,13-14H2,1H3,(H,22,23,24). The Balaban J connectivity index is 1.43. The van der Waals surface area contributed by atoms with Crippen LogP contribution in [0.4, 0.5) is 11.6 Å². The maximum atomic E-state index is 9.41. The largest absolute Gasteiger partial charge is 0.508 e. The normalized spacial score (nSPS) is 13.8. The lowest BCUT2D eigenvalue weighted by molar-refractivity contribution is 0.243. The lowest BCUT2D eigenvalue weighted by atomic mass is 10.1. The summed E-state index contributed by atoms with van der Waals surface area (Å²) in [7, 11) is 1.65. The van der Waals surface area contributed by atoms with Gasteiger partial charge in [-0.3, -0.25) is 4.90 Å². The minimum atomic E-state index is 0.298. The second-order valence-electron chi connectivity index (χ2n) is 6.65. The molecular weight excluding hydrogens is 340 g/mol. The fourth-order valence-electron chi connectivity index (χ4n) is 3.26. The van der Waals surface area contributed by atoms with Crippen LogP contribution < -0.4 is 10.1 Å². The third-order valence-electron chi connectivity index (χ3n) is 4.68. The second-order valence-corrected chi connectivity index (χ2v) is 6.65. The smallest absolute Gasteiger partial charge is 0.227 e. The van der Waals surface area contributed by atoms with Crippen LogP contribution in [-0.2, 0) is 19.5 Å². The van der Waals surface area contributed by atoms with E-state index in [4.69, 9.17) is 9.72 Å². The quantitative estimate of drug-likeness (QED) is 0.724. The molecule has 1 aromatic heterocycles. The van der Waals surface area contributed by atoms with Gasteiger partial charge in [0.1, 0.15) is 11.5 Å². The Labute approximate surface area is 158 Å². The Kier molecular flexibility index (Phi) is 4.89. The monoisotopic (exact) mass is 362 g/mol. The van der Waals surface area contributed by atoms with Gasteiger partial charge in [-0.1, -0.05) is 18.2 Å². The van der Waals surface area contributed by atoms with Gasteiger partial charge in [-0.2, -0.15) is 0 Å². The zero-order chi connectivity index (χ0) is 18.6. The molecule has 1 aliphatic rings. The molecule has 4 rings (SSSR count). The maximum Gasteiger partial charge on any atom is 0.227 e. The van der Waals surface area contributed by atoms with Crippen LogP contribution in [-0.4, -0.2) is 33.6 Å². The number of hydrogen-bond donors (Lipinski definition) is 2. The second kappa shape index (κ2) is 7.63. The van der Waals surface area contributed by atoms with Crippen molar-refractivity contribution in [3.63, 3.8) is 0 Å². The van der Waals surface area contributed by atoms with E-state index in [-0.39, 0.29) is 0 Å². The molecule has 1 aliphatic heterocycles. The van der Waals surface area contributed by atoms with Crippen LogP contribution in [0.3, 0.4) is 0 Å². The van der Waals surface area contributed by atoms with Gasteiger partial charge in [0.15, 0.2) is 0 Å². The van der Waals surface area contributed by atoms with Crippen LogP contribution >= 0.6 is 0 Å². The van der Waals surface area contributed by atoms with Gasteiger partial charge in [0.05, 0.1) is 12.8 Å². The molecule has 6 heteroatoms. The first-order valence-electron chi connectivity index (χ1n) is 8.96. The molecule has 0 unspecified atom stereocenters. The SMILES string of the molecule is COc1cccc(Nc2ncc3c(n2)CCN(Cc2ccc(O)cc2)C3)c1. The summed E-state index contributed by atoms with van der Waals surface area (Å²) in [5.74, 6) is 1.70. The van der Waals surface area contributed by atoms with Crippen LogP contribution in [0.5, 0.6) is 11.5 Å². The predicted molar refractivity (Wildman–Crippen MR) is 104 cm³/mol. The van der Waals surface area contributed by atoms with Crippen molar-refractivity contribution in [1.29, 1.82) is 0 Å². The average molecular weight is 362 g/mol. The molecule has 0 amide bonds. The molecular formula is C21H22N4O2. The molecule has 0 spiro atoms. The van der Waals surface area contributed by atoms with E-state index in [1.807, 2.05) is 42.6 Å². The van der Waals surface area contributed by atoms with E-state index >= 15 is 0 Å². The first-order valence-corrected chi connectivity index (χ1v) is 8.96. The number of hydrogen-bond acceptors (Lipinski definition) is 6. The fraction of sp³-hybridized carbons (Fsp3) is 0.238. The number of anilines is 2. The van der Waals surface area contributed by atoms with Crippen LogP contribution in [0, 0.1) is 0 Å². The highest BCUT2D eigenvalue weighted by Crippen LogP contribution is 2.23. The minimum Gasteiger partial charge on any atom is -0.508 e. The lowest BCUT2D eigenvalue weighted by Gasteiger charge is -2.28. The first kappa shape index (κ1) is 17.3. The number of benzene rings is 2. The highest BCUT2D eigenvalue weighted by molar-refractivity contribution is 5.56. The van der Waals surface area contributed by atoms with E-state index in [2.05, 4.69) is 15.2 Å². The van der Waals surface area contributed by atoms with Gasteiger partial charge in [-0.25, -0.2) is 9.97 Å². The number of aromatic nitrogens is 2. The molecule has 138 valence electrons. The van der Waals surface area contributed by atoms with E-state index in [0.29, 0.717) is 11.7 Å². The Bertz CT molecular complexity index is 928. The summed E-state index contributed by atoms with van der Waals surface area (Å²) in [6, 6.07) is 15.1. The van der Waals surface area contributed by atoms with Crippen LogP contribution in [0.15, 0.2) is 54.7 Å². The van der Waals surface area contributed by atoms with Gasteiger partial charge in [-0.15, -0.1) is 0 Å². The molecule has 0 atom stereocenters. The summed E-state index contributed by atoms with van der Waals surface area (Å²) in [6.45, 7) is 2.63. The zero-order valence-electron chi connectivity index (χ0n) is 15.2. The summed E-state index contributed by atoms with van der Waals surface area (Å²) in [6.07, 6.45) is 2.80. The number of phenols is 1. The van der Waals surface area contributed by atoms with E-state index in [1.165, 1.54) is 5.56 Å². The van der Waals surface area contributed by atoms with E-state index < -0.39 is 0 Å². The molecule has 0 saturated heterocycles. The van der Waals surface area contributed by atoms with E-state index in [0.717, 1.165) is 48.7 Å². The van der Waals surface area contributed by atoms with Gasteiger partial charge in [0.25, 0.3) is 0 Å². The highest BCUT2D eigenvalue weighted by Gasteiger charge is 2.18. The summed E-state index contributed by atoms with van der Waals surface area (Å²) >= 11 is 0. The van der Waals surface area contributed by atoms with Crippen molar-refractivity contribution in [2.75, 3.05) is 19.0 Å². The number of methoxy groups -OCH3 is 1. The van der Waals surface area contributed by atoms with Crippen molar-refractivity contribution < 1.29 is 9.84 Å². The van der Waals surface area contributed by atoms with Crippen molar-refractivity contribution in [2.45, 2.75) is 19.5 Å². The van der Waals surface area contributed by atoms with Crippen LogP contribution in [0.25, 0.3) is 0 Å². The molecule has 3 aromatic rings. The average Bonchev–Trinajstić information content (AvgIpc) is 2.70. The fourth-order valence-corrected chi connectivity index (χ4v) is 3.26. The summed E-state index contributed by atoms with van der Waals surface area (Å²) in [5.41, 5.74) is 4.35. The topological polar surface area (TPSA) is 70.5 Å². The number of phenolic OH excluding ortho intramolecular Hbond substituents is 1.